The van der Waals surface area contributed by atoms with Crippen LogP contribution in [-0.4, -0.2) is 39.8 Å². The Hall–Kier alpha value is -4.00. The van der Waals surface area contributed by atoms with Crippen LogP contribution in [0, 0.1) is 11.7 Å². The van der Waals surface area contributed by atoms with Gasteiger partial charge in [-0.25, -0.2) is 9.37 Å². The summed E-state index contributed by atoms with van der Waals surface area (Å²) in [4.78, 5) is 35.6. The maximum Gasteiger partial charge on any atom is 0.253 e. The summed E-state index contributed by atoms with van der Waals surface area (Å²) in [6.07, 6.45) is 1.43. The third kappa shape index (κ3) is 4.35. The fraction of sp³-hybridized carbons (Fsp3) is 0.192. The number of likely N-dealkylation sites (tertiary alicyclic amines) is 1. The van der Waals surface area contributed by atoms with Crippen molar-refractivity contribution in [2.45, 2.75) is 12.8 Å². The molecule has 1 fully saturated rings. The van der Waals surface area contributed by atoms with E-state index < -0.39 is 0 Å². The number of rotatable bonds is 4. The molecule has 4 aromatic rings. The van der Waals surface area contributed by atoms with Gasteiger partial charge < -0.3 is 15.2 Å². The van der Waals surface area contributed by atoms with Crippen LogP contribution in [0.1, 0.15) is 23.2 Å². The fourth-order valence-corrected chi connectivity index (χ4v) is 4.26. The second kappa shape index (κ2) is 8.86. The fourth-order valence-electron chi connectivity index (χ4n) is 4.26. The summed E-state index contributed by atoms with van der Waals surface area (Å²) in [7, 11) is 0. The molecule has 1 aliphatic heterocycles. The summed E-state index contributed by atoms with van der Waals surface area (Å²) >= 11 is 0. The number of hydrogen-bond donors (Lipinski definition) is 2. The summed E-state index contributed by atoms with van der Waals surface area (Å²) in [5, 5.41) is 3.04. The van der Waals surface area contributed by atoms with E-state index in [9.17, 15) is 14.0 Å². The van der Waals surface area contributed by atoms with Crippen LogP contribution < -0.4 is 5.32 Å². The number of aromatic nitrogens is 2. The molecule has 33 heavy (non-hydrogen) atoms. The van der Waals surface area contributed by atoms with Gasteiger partial charge in [-0.2, -0.15) is 0 Å². The standard InChI is InChI=1S/C26H23FN4O2/c27-19-13-11-17(12-14-19)26(33)31-15-5-6-18(16-31)25(32)30-21-8-2-1-7-20(21)24-28-22-9-3-4-10-23(22)29-24/h1-4,7-14,18H,5-6,15-16H2,(H,28,29)(H,30,32). The van der Waals surface area contributed by atoms with Crippen molar-refractivity contribution in [3.63, 3.8) is 0 Å². The minimum absolute atomic E-state index is 0.129. The first kappa shape index (κ1) is 20.9. The highest BCUT2D eigenvalue weighted by Gasteiger charge is 2.29. The van der Waals surface area contributed by atoms with Crippen LogP contribution in [0.25, 0.3) is 22.4 Å². The minimum Gasteiger partial charge on any atom is -0.338 e. The number of piperidine rings is 1. The van der Waals surface area contributed by atoms with Crippen molar-refractivity contribution in [1.29, 1.82) is 0 Å². The second-order valence-electron chi connectivity index (χ2n) is 8.23. The highest BCUT2D eigenvalue weighted by Crippen LogP contribution is 2.29. The van der Waals surface area contributed by atoms with E-state index in [1.54, 1.807) is 4.90 Å². The Morgan fingerprint density at radius 1 is 1.00 bits per heavy atom. The van der Waals surface area contributed by atoms with E-state index in [1.807, 2.05) is 48.5 Å². The Morgan fingerprint density at radius 3 is 2.58 bits per heavy atom. The quantitative estimate of drug-likeness (QED) is 0.474. The number of anilines is 1. The van der Waals surface area contributed by atoms with E-state index in [-0.39, 0.29) is 23.5 Å². The van der Waals surface area contributed by atoms with E-state index in [0.29, 0.717) is 36.6 Å². The van der Waals surface area contributed by atoms with Crippen molar-refractivity contribution in [2.75, 3.05) is 18.4 Å². The molecule has 1 aliphatic rings. The Labute approximate surface area is 190 Å². The summed E-state index contributed by atoms with van der Waals surface area (Å²) < 4.78 is 13.2. The predicted octanol–water partition coefficient (Wildman–Crippen LogP) is 4.86. The number of hydrogen-bond acceptors (Lipinski definition) is 3. The first-order valence-corrected chi connectivity index (χ1v) is 11.0. The summed E-state index contributed by atoms with van der Waals surface area (Å²) in [5.74, 6) is -0.341. The van der Waals surface area contributed by atoms with Gasteiger partial charge in [0.15, 0.2) is 0 Å². The molecular formula is C26H23FN4O2. The molecule has 3 aromatic carbocycles. The molecule has 2 heterocycles. The molecule has 1 aromatic heterocycles. The average Bonchev–Trinajstić information content (AvgIpc) is 3.29. The number of benzene rings is 3. The molecule has 0 radical (unpaired) electrons. The number of H-pyrrole nitrogens is 1. The lowest BCUT2D eigenvalue weighted by molar-refractivity contribution is -0.121. The van der Waals surface area contributed by atoms with Crippen molar-refractivity contribution >= 4 is 28.5 Å². The minimum atomic E-state index is -0.384. The lowest BCUT2D eigenvalue weighted by Gasteiger charge is -2.32. The number of fused-ring (bicyclic) bond motifs is 1. The topological polar surface area (TPSA) is 78.1 Å². The van der Waals surface area contributed by atoms with Gasteiger partial charge in [-0.1, -0.05) is 24.3 Å². The SMILES string of the molecule is O=C(Nc1ccccc1-c1nc2ccccc2[nH]1)C1CCCN(C(=O)c2ccc(F)cc2)C1. The summed E-state index contributed by atoms with van der Waals surface area (Å²) in [6.45, 7) is 0.907. The number of imidazole rings is 1. The number of carbonyl (C=O) groups excluding carboxylic acids is 2. The Balaban J connectivity index is 1.32. The molecular weight excluding hydrogens is 419 g/mol. The lowest BCUT2D eigenvalue weighted by atomic mass is 9.96. The van der Waals surface area contributed by atoms with Gasteiger partial charge >= 0.3 is 0 Å². The molecule has 166 valence electrons. The molecule has 0 saturated carbocycles. The van der Waals surface area contributed by atoms with Crippen LogP contribution in [0.3, 0.4) is 0 Å². The maximum atomic E-state index is 13.2. The van der Waals surface area contributed by atoms with Gasteiger partial charge in [-0.3, -0.25) is 9.59 Å². The largest absolute Gasteiger partial charge is 0.338 e. The number of halogens is 1. The van der Waals surface area contributed by atoms with E-state index in [4.69, 9.17) is 0 Å². The molecule has 5 rings (SSSR count). The molecule has 0 aliphatic carbocycles. The van der Waals surface area contributed by atoms with E-state index in [2.05, 4.69) is 15.3 Å². The van der Waals surface area contributed by atoms with Crippen LogP contribution in [0.4, 0.5) is 10.1 Å². The van der Waals surface area contributed by atoms with Crippen LogP contribution in [0.5, 0.6) is 0 Å². The predicted molar refractivity (Wildman–Crippen MR) is 125 cm³/mol. The normalized spacial score (nSPS) is 16.0. The Bertz CT molecular complexity index is 1280. The number of carbonyl (C=O) groups is 2. The molecule has 2 amide bonds. The van der Waals surface area contributed by atoms with E-state index in [1.165, 1.54) is 24.3 Å². The Kier molecular flexibility index (Phi) is 5.60. The smallest absolute Gasteiger partial charge is 0.253 e. The Morgan fingerprint density at radius 2 is 1.76 bits per heavy atom. The third-order valence-electron chi connectivity index (χ3n) is 6.00. The van der Waals surface area contributed by atoms with Crippen molar-refractivity contribution in [1.82, 2.24) is 14.9 Å². The molecule has 6 nitrogen and oxygen atoms in total. The third-order valence-corrected chi connectivity index (χ3v) is 6.00. The first-order valence-electron chi connectivity index (χ1n) is 11.0. The first-order chi connectivity index (χ1) is 16.1. The number of aromatic amines is 1. The van der Waals surface area contributed by atoms with Gasteiger partial charge in [0.25, 0.3) is 5.91 Å². The number of para-hydroxylation sites is 3. The van der Waals surface area contributed by atoms with Crippen molar-refractivity contribution in [3.05, 3.63) is 84.2 Å². The highest BCUT2D eigenvalue weighted by molar-refractivity contribution is 5.98. The second-order valence-corrected chi connectivity index (χ2v) is 8.23. The van der Waals surface area contributed by atoms with Gasteiger partial charge in [0.1, 0.15) is 11.6 Å². The van der Waals surface area contributed by atoms with Gasteiger partial charge in [0.05, 0.1) is 22.6 Å². The monoisotopic (exact) mass is 442 g/mol. The molecule has 0 spiro atoms. The van der Waals surface area contributed by atoms with Crippen molar-refractivity contribution in [2.24, 2.45) is 5.92 Å². The molecule has 1 atom stereocenters. The summed E-state index contributed by atoms with van der Waals surface area (Å²) in [5.41, 5.74) is 3.68. The van der Waals surface area contributed by atoms with Gasteiger partial charge in [0, 0.05) is 24.2 Å². The zero-order valence-corrected chi connectivity index (χ0v) is 17.9. The molecule has 0 bridgehead atoms. The number of nitrogens with one attached hydrogen (secondary N) is 2. The summed E-state index contributed by atoms with van der Waals surface area (Å²) in [6, 6.07) is 20.8. The molecule has 1 unspecified atom stereocenters. The van der Waals surface area contributed by atoms with Crippen molar-refractivity contribution < 1.29 is 14.0 Å². The van der Waals surface area contributed by atoms with E-state index >= 15 is 0 Å². The zero-order chi connectivity index (χ0) is 22.8. The van der Waals surface area contributed by atoms with Gasteiger partial charge in [0.2, 0.25) is 5.91 Å². The lowest BCUT2D eigenvalue weighted by Crippen LogP contribution is -2.43. The van der Waals surface area contributed by atoms with Crippen LogP contribution in [0.2, 0.25) is 0 Å². The maximum absolute atomic E-state index is 13.2. The van der Waals surface area contributed by atoms with Crippen LogP contribution >= 0.6 is 0 Å². The number of nitrogens with zero attached hydrogens (tertiary/aromatic N) is 2. The molecule has 7 heteroatoms. The molecule has 2 N–H and O–H groups in total. The highest BCUT2D eigenvalue weighted by atomic mass is 19.1. The van der Waals surface area contributed by atoms with Crippen LogP contribution in [-0.2, 0) is 4.79 Å². The van der Waals surface area contributed by atoms with Gasteiger partial charge in [-0.15, -0.1) is 0 Å². The average molecular weight is 442 g/mol. The van der Waals surface area contributed by atoms with Crippen LogP contribution in [0.15, 0.2) is 72.8 Å². The van der Waals surface area contributed by atoms with E-state index in [0.717, 1.165) is 23.0 Å². The zero-order valence-electron chi connectivity index (χ0n) is 17.9. The number of amides is 2. The van der Waals surface area contributed by atoms with Gasteiger partial charge in [-0.05, 0) is 61.4 Å². The van der Waals surface area contributed by atoms with Crippen molar-refractivity contribution in [3.8, 4) is 11.4 Å². The molecule has 1 saturated heterocycles.